The van der Waals surface area contributed by atoms with E-state index in [9.17, 15) is 14.0 Å². The third-order valence-electron chi connectivity index (χ3n) is 3.26. The van der Waals surface area contributed by atoms with Gasteiger partial charge in [0.05, 0.1) is 0 Å². The van der Waals surface area contributed by atoms with Crippen molar-refractivity contribution in [3.8, 4) is 5.75 Å². The van der Waals surface area contributed by atoms with Gasteiger partial charge in [-0.1, -0.05) is 18.2 Å². The molecule has 0 fully saturated rings. The second kappa shape index (κ2) is 6.96. The van der Waals surface area contributed by atoms with Crippen molar-refractivity contribution >= 4 is 23.9 Å². The number of amides is 1. The number of nitrogens with two attached hydrogens (primary N) is 1. The zero-order valence-corrected chi connectivity index (χ0v) is 12.9. The third-order valence-corrected chi connectivity index (χ3v) is 3.26. The second-order valence-electron chi connectivity index (χ2n) is 5.17. The first-order valence-electron chi connectivity index (χ1n) is 7.31. The summed E-state index contributed by atoms with van der Waals surface area (Å²) in [5.74, 6) is -1.11. The normalized spacial score (nSPS) is 15.0. The summed E-state index contributed by atoms with van der Waals surface area (Å²) in [6, 6.07) is 12.3. The summed E-state index contributed by atoms with van der Waals surface area (Å²) in [6.45, 7) is -0.214. The van der Waals surface area contributed by atoms with Crippen molar-refractivity contribution in [1.29, 1.82) is 0 Å². The number of cyclic esters (lactones) is 1. The Bertz CT molecular complexity index is 888. The minimum Gasteiger partial charge on any atom is -0.484 e. The Morgan fingerprint density at radius 2 is 2.00 bits per heavy atom. The average Bonchev–Trinajstić information content (AvgIpc) is 2.95. The van der Waals surface area contributed by atoms with E-state index in [1.165, 1.54) is 24.3 Å². The quantitative estimate of drug-likeness (QED) is 0.666. The highest BCUT2D eigenvalue weighted by Gasteiger charge is 2.24. The van der Waals surface area contributed by atoms with Crippen LogP contribution in [0.1, 0.15) is 11.1 Å². The fourth-order valence-corrected chi connectivity index (χ4v) is 2.13. The first kappa shape index (κ1) is 16.4. The lowest BCUT2D eigenvalue weighted by molar-refractivity contribution is -0.130. The van der Waals surface area contributed by atoms with E-state index < -0.39 is 17.7 Å². The molecular weight excluding hydrogens is 327 g/mol. The van der Waals surface area contributed by atoms with Crippen LogP contribution in [0.15, 0.2) is 59.2 Å². The molecular formula is C18H13FN2O4. The van der Waals surface area contributed by atoms with Gasteiger partial charge in [0.2, 0.25) is 5.90 Å². The number of hydrogen-bond acceptors (Lipinski definition) is 5. The van der Waals surface area contributed by atoms with Crippen LogP contribution in [-0.2, 0) is 14.3 Å². The van der Waals surface area contributed by atoms with Crippen LogP contribution >= 0.6 is 0 Å². The number of nitrogens with zero attached hydrogens (tertiary/aromatic N) is 1. The molecule has 2 aromatic rings. The summed E-state index contributed by atoms with van der Waals surface area (Å²) < 4.78 is 23.5. The first-order chi connectivity index (χ1) is 12.0. The minimum absolute atomic E-state index is 0.0529. The first-order valence-corrected chi connectivity index (χ1v) is 7.31. The zero-order chi connectivity index (χ0) is 17.8. The second-order valence-corrected chi connectivity index (χ2v) is 5.17. The molecule has 0 bridgehead atoms. The van der Waals surface area contributed by atoms with Gasteiger partial charge in [0, 0.05) is 5.56 Å². The number of aliphatic imine (C=N–C) groups is 1. The number of primary amides is 1. The van der Waals surface area contributed by atoms with Crippen molar-refractivity contribution in [2.24, 2.45) is 10.7 Å². The Morgan fingerprint density at radius 1 is 1.24 bits per heavy atom. The van der Waals surface area contributed by atoms with Crippen molar-refractivity contribution < 1.29 is 23.5 Å². The number of rotatable bonds is 5. The number of carbonyl (C=O) groups is 2. The molecule has 7 heteroatoms. The molecule has 2 N–H and O–H groups in total. The SMILES string of the molecule is NC(=O)COc1ccc(/C=C2/N=C(c3cccc(F)c3)OC2=O)cc1. The number of carbonyl (C=O) groups excluding carboxylic acids is 2. The highest BCUT2D eigenvalue weighted by Crippen LogP contribution is 2.21. The van der Waals surface area contributed by atoms with E-state index in [0.717, 1.165) is 0 Å². The molecule has 3 rings (SSSR count). The number of esters is 1. The Kier molecular flexibility index (Phi) is 4.56. The van der Waals surface area contributed by atoms with E-state index in [-0.39, 0.29) is 18.2 Å². The minimum atomic E-state index is -0.617. The molecule has 1 aliphatic heterocycles. The standard InChI is InChI=1S/C18H13FN2O4/c19-13-3-1-2-12(9-13)17-21-15(18(23)25-17)8-11-4-6-14(7-5-11)24-10-16(20)22/h1-9H,10H2,(H2,20,22)/b15-8+. The number of halogens is 1. The summed E-state index contributed by atoms with van der Waals surface area (Å²) in [6.07, 6.45) is 1.53. The van der Waals surface area contributed by atoms with Crippen molar-refractivity contribution in [3.05, 3.63) is 71.2 Å². The van der Waals surface area contributed by atoms with Gasteiger partial charge < -0.3 is 15.2 Å². The molecule has 2 aromatic carbocycles. The monoisotopic (exact) mass is 340 g/mol. The molecule has 0 aliphatic carbocycles. The van der Waals surface area contributed by atoms with Crippen molar-refractivity contribution in [1.82, 2.24) is 0 Å². The van der Waals surface area contributed by atoms with Gasteiger partial charge in [-0.3, -0.25) is 4.79 Å². The lowest BCUT2D eigenvalue weighted by atomic mass is 10.2. The van der Waals surface area contributed by atoms with Crippen LogP contribution in [0.3, 0.4) is 0 Å². The van der Waals surface area contributed by atoms with Crippen molar-refractivity contribution in [2.45, 2.75) is 0 Å². The molecule has 126 valence electrons. The van der Waals surface area contributed by atoms with Crippen molar-refractivity contribution in [3.63, 3.8) is 0 Å². The summed E-state index contributed by atoms with van der Waals surface area (Å²) in [7, 11) is 0. The van der Waals surface area contributed by atoms with Crippen LogP contribution < -0.4 is 10.5 Å². The zero-order valence-electron chi connectivity index (χ0n) is 12.9. The molecule has 0 saturated heterocycles. The highest BCUT2D eigenvalue weighted by atomic mass is 19.1. The molecule has 0 unspecified atom stereocenters. The lowest BCUT2D eigenvalue weighted by Crippen LogP contribution is -2.19. The molecule has 0 saturated carbocycles. The summed E-state index contributed by atoms with van der Waals surface area (Å²) in [5.41, 5.74) is 6.17. The average molecular weight is 340 g/mol. The lowest BCUT2D eigenvalue weighted by Gasteiger charge is -2.03. The summed E-state index contributed by atoms with van der Waals surface area (Å²) >= 11 is 0. The van der Waals surface area contributed by atoms with E-state index >= 15 is 0 Å². The fourth-order valence-electron chi connectivity index (χ4n) is 2.13. The van der Waals surface area contributed by atoms with Gasteiger partial charge in [0.15, 0.2) is 12.3 Å². The molecule has 0 aromatic heterocycles. The largest absolute Gasteiger partial charge is 0.484 e. The van der Waals surface area contributed by atoms with Crippen LogP contribution in [0.4, 0.5) is 4.39 Å². The number of ether oxygens (including phenoxy) is 2. The molecule has 25 heavy (non-hydrogen) atoms. The van der Waals surface area contributed by atoms with Crippen LogP contribution in [0.25, 0.3) is 6.08 Å². The number of hydrogen-bond donors (Lipinski definition) is 1. The fraction of sp³-hybridized carbons (Fsp3) is 0.0556. The van der Waals surface area contributed by atoms with Crippen LogP contribution in [0, 0.1) is 5.82 Å². The van der Waals surface area contributed by atoms with Gasteiger partial charge in [-0.25, -0.2) is 14.2 Å². The summed E-state index contributed by atoms with van der Waals surface area (Å²) in [5, 5.41) is 0. The van der Waals surface area contributed by atoms with Crippen molar-refractivity contribution in [2.75, 3.05) is 6.61 Å². The van der Waals surface area contributed by atoms with Gasteiger partial charge in [0.25, 0.3) is 5.91 Å². The van der Waals surface area contributed by atoms with Gasteiger partial charge in [-0.2, -0.15) is 0 Å². The maximum Gasteiger partial charge on any atom is 0.363 e. The Morgan fingerprint density at radius 3 is 2.68 bits per heavy atom. The predicted molar refractivity (Wildman–Crippen MR) is 88.1 cm³/mol. The molecule has 0 atom stereocenters. The summed E-state index contributed by atoms with van der Waals surface area (Å²) in [4.78, 5) is 26.7. The Balaban J connectivity index is 1.78. The smallest absolute Gasteiger partial charge is 0.363 e. The number of benzene rings is 2. The predicted octanol–water partition coefficient (Wildman–Crippen LogP) is 2.03. The Hall–Kier alpha value is -3.48. The van der Waals surface area contributed by atoms with Crippen LogP contribution in [0.5, 0.6) is 5.75 Å². The van der Waals surface area contributed by atoms with E-state index in [1.54, 1.807) is 30.3 Å². The maximum atomic E-state index is 13.3. The molecule has 0 spiro atoms. The van der Waals surface area contributed by atoms with E-state index in [4.69, 9.17) is 15.2 Å². The van der Waals surface area contributed by atoms with Crippen LogP contribution in [-0.4, -0.2) is 24.4 Å². The van der Waals surface area contributed by atoms with Gasteiger partial charge in [0.1, 0.15) is 11.6 Å². The highest BCUT2D eigenvalue weighted by molar-refractivity contribution is 6.12. The molecule has 6 nitrogen and oxygen atoms in total. The molecule has 1 heterocycles. The van der Waals surface area contributed by atoms with E-state index in [1.807, 2.05) is 0 Å². The molecule has 0 radical (unpaired) electrons. The molecule has 1 amide bonds. The maximum absolute atomic E-state index is 13.3. The third kappa shape index (κ3) is 4.08. The van der Waals surface area contributed by atoms with E-state index in [0.29, 0.717) is 16.9 Å². The van der Waals surface area contributed by atoms with Gasteiger partial charge in [-0.15, -0.1) is 0 Å². The van der Waals surface area contributed by atoms with E-state index in [2.05, 4.69) is 4.99 Å². The van der Waals surface area contributed by atoms with Gasteiger partial charge in [-0.05, 0) is 42.0 Å². The topological polar surface area (TPSA) is 91.0 Å². The van der Waals surface area contributed by atoms with Gasteiger partial charge >= 0.3 is 5.97 Å². The van der Waals surface area contributed by atoms with Crippen LogP contribution in [0.2, 0.25) is 0 Å². The molecule has 1 aliphatic rings. The Labute approximate surface area is 142 Å².